The molecule has 3 aliphatic rings. The molecule has 4 heterocycles. The van der Waals surface area contributed by atoms with Gasteiger partial charge in [-0.25, -0.2) is 19.2 Å². The Morgan fingerprint density at radius 2 is 1.69 bits per heavy atom. The lowest BCUT2D eigenvalue weighted by Gasteiger charge is -2.42. The number of amides is 1. The Bertz CT molecular complexity index is 1540. The van der Waals surface area contributed by atoms with Gasteiger partial charge in [0.1, 0.15) is 11.5 Å². The molecule has 45 heavy (non-hydrogen) atoms. The van der Waals surface area contributed by atoms with Crippen LogP contribution >= 0.6 is 0 Å². The number of nitrogens with one attached hydrogen (secondary N) is 2. The Morgan fingerprint density at radius 3 is 2.36 bits per heavy atom. The van der Waals surface area contributed by atoms with Crippen molar-refractivity contribution in [1.29, 1.82) is 0 Å². The first-order valence-corrected chi connectivity index (χ1v) is 15.7. The number of carbonyl (C=O) groups excluding carboxylic acids is 1. The number of nitrogens with zero attached hydrogens (tertiary/aromatic N) is 6. The molecule has 0 bridgehead atoms. The molecule has 0 saturated carbocycles. The number of nitrogens with two attached hydrogens (primary N) is 1. The second-order valence-electron chi connectivity index (χ2n) is 12.0. The Labute approximate surface area is 263 Å². The summed E-state index contributed by atoms with van der Waals surface area (Å²) in [5, 5.41) is 6.64. The summed E-state index contributed by atoms with van der Waals surface area (Å²) < 4.78 is 20.1. The van der Waals surface area contributed by atoms with E-state index in [9.17, 15) is 9.18 Å². The van der Waals surface area contributed by atoms with E-state index in [0.29, 0.717) is 25.1 Å². The Kier molecular flexibility index (Phi) is 9.39. The lowest BCUT2D eigenvalue weighted by Crippen LogP contribution is -2.52. The number of anilines is 4. The van der Waals surface area contributed by atoms with E-state index < -0.39 is 11.7 Å². The van der Waals surface area contributed by atoms with Crippen molar-refractivity contribution in [3.05, 3.63) is 65.4 Å². The van der Waals surface area contributed by atoms with Crippen LogP contribution in [0.15, 0.2) is 42.5 Å². The zero-order valence-electron chi connectivity index (χ0n) is 25.6. The second kappa shape index (κ2) is 13.8. The van der Waals surface area contributed by atoms with Crippen molar-refractivity contribution in [2.24, 2.45) is 5.73 Å². The van der Waals surface area contributed by atoms with E-state index in [1.165, 1.54) is 12.1 Å². The lowest BCUT2D eigenvalue weighted by atomic mass is 10.0. The molecule has 0 radical (unpaired) electrons. The topological polar surface area (TPSA) is 116 Å². The summed E-state index contributed by atoms with van der Waals surface area (Å²) in [6, 6.07) is 13.1. The lowest BCUT2D eigenvalue weighted by molar-refractivity contribution is 0.0904. The van der Waals surface area contributed by atoms with E-state index in [2.05, 4.69) is 54.3 Å². The number of rotatable bonds is 8. The molecular weight excluding hydrogens is 573 g/mol. The fraction of sp³-hybridized carbons (Fsp3) is 0.455. The highest BCUT2D eigenvalue weighted by Gasteiger charge is 2.27. The number of hydrogen-bond donors (Lipinski definition) is 3. The summed E-state index contributed by atoms with van der Waals surface area (Å²) >= 11 is 0. The van der Waals surface area contributed by atoms with Crippen LogP contribution in [0.2, 0.25) is 0 Å². The molecule has 3 aliphatic heterocycles. The number of piperazine rings is 1. The number of halogens is 1. The third kappa shape index (κ3) is 7.01. The Hall–Kier alpha value is -4.31. The number of ether oxygens (including phenoxy) is 1. The van der Waals surface area contributed by atoms with Gasteiger partial charge in [0.2, 0.25) is 5.69 Å². The number of aromatic nitrogens is 2. The van der Waals surface area contributed by atoms with Gasteiger partial charge in [-0.15, -0.1) is 0 Å². The van der Waals surface area contributed by atoms with Crippen LogP contribution in [-0.2, 0) is 4.74 Å². The highest BCUT2D eigenvalue weighted by Crippen LogP contribution is 2.37. The minimum atomic E-state index is -0.788. The summed E-state index contributed by atoms with van der Waals surface area (Å²) in [5.41, 5.74) is 7.79. The summed E-state index contributed by atoms with van der Waals surface area (Å²) in [4.78, 5) is 32.8. The zero-order chi connectivity index (χ0) is 31.3. The number of likely N-dealkylation sites (N-methyl/N-ethyl adjacent to an activating group) is 1. The molecule has 0 aliphatic carbocycles. The van der Waals surface area contributed by atoms with Crippen molar-refractivity contribution in [3.8, 4) is 11.3 Å². The minimum Gasteiger partial charge on any atom is -0.381 e. The van der Waals surface area contributed by atoms with Gasteiger partial charge in [-0.2, -0.15) is 0 Å². The van der Waals surface area contributed by atoms with Crippen molar-refractivity contribution in [1.82, 2.24) is 19.8 Å². The molecule has 0 unspecified atom stereocenters. The normalized spacial score (nSPS) is 18.8. The molecule has 6 rings (SSSR count). The van der Waals surface area contributed by atoms with Gasteiger partial charge in [-0.1, -0.05) is 12.1 Å². The average Bonchev–Trinajstić information content (AvgIpc) is 3.06. The van der Waals surface area contributed by atoms with Crippen molar-refractivity contribution >= 4 is 34.6 Å². The van der Waals surface area contributed by atoms with Crippen LogP contribution < -0.4 is 21.3 Å². The third-order valence-electron chi connectivity index (χ3n) is 9.06. The van der Waals surface area contributed by atoms with Crippen LogP contribution in [0, 0.1) is 12.4 Å². The van der Waals surface area contributed by atoms with Crippen LogP contribution in [0.1, 0.15) is 36.2 Å². The molecule has 3 aromatic rings. The third-order valence-corrected chi connectivity index (χ3v) is 9.06. The number of carbonyl (C=O) groups is 1. The second-order valence-corrected chi connectivity index (χ2v) is 12.0. The van der Waals surface area contributed by atoms with E-state index in [1.807, 2.05) is 12.1 Å². The van der Waals surface area contributed by atoms with E-state index in [1.54, 1.807) is 6.07 Å². The van der Waals surface area contributed by atoms with Crippen LogP contribution in [-0.4, -0.2) is 97.3 Å². The van der Waals surface area contributed by atoms with Crippen LogP contribution in [0.5, 0.6) is 0 Å². The van der Waals surface area contributed by atoms with E-state index in [0.717, 1.165) is 76.3 Å². The zero-order valence-corrected chi connectivity index (χ0v) is 25.6. The highest BCUT2D eigenvalue weighted by atomic mass is 19.1. The summed E-state index contributed by atoms with van der Waals surface area (Å²) in [5.74, 6) is -0.940. The number of primary amides is 1. The molecule has 11 nitrogen and oxygen atoms in total. The fourth-order valence-electron chi connectivity index (χ4n) is 6.41. The largest absolute Gasteiger partial charge is 0.381 e. The first kappa shape index (κ1) is 30.7. The number of benzene rings is 2. The van der Waals surface area contributed by atoms with Gasteiger partial charge in [0.05, 0.1) is 6.57 Å². The maximum absolute atomic E-state index is 14.6. The molecule has 2 aromatic carbocycles. The van der Waals surface area contributed by atoms with Gasteiger partial charge < -0.3 is 30.9 Å². The number of para-hydroxylation sites is 1. The first-order chi connectivity index (χ1) is 21.9. The van der Waals surface area contributed by atoms with Crippen molar-refractivity contribution in [2.75, 3.05) is 75.1 Å². The molecular formula is C33H40FN9O2. The Balaban J connectivity index is 1.23. The predicted octanol–water partition coefficient (Wildman–Crippen LogP) is 4.48. The van der Waals surface area contributed by atoms with Gasteiger partial charge >= 0.3 is 0 Å². The molecule has 4 N–H and O–H groups in total. The molecule has 1 aromatic heterocycles. The molecule has 3 saturated heterocycles. The van der Waals surface area contributed by atoms with E-state index in [-0.39, 0.29) is 34.5 Å². The van der Waals surface area contributed by atoms with Crippen molar-refractivity contribution < 1.29 is 13.9 Å². The monoisotopic (exact) mass is 613 g/mol. The summed E-state index contributed by atoms with van der Waals surface area (Å²) in [6.07, 6.45) is 3.79. The SMILES string of the molecule is [C-]#[N+]c1c(F)cccc1-c1nc(C(N)=O)c(Nc2ccc(N3CCC(N4CCN(C)CC4)CC3)cc2)nc1NC1CCOCC1. The van der Waals surface area contributed by atoms with Gasteiger partial charge in [0.25, 0.3) is 5.91 Å². The highest BCUT2D eigenvalue weighted by molar-refractivity contribution is 5.98. The standard InChI is InChI=1S/C33H40FN9O2/c1-36-28-26(4-3-5-27(28)34)29-32(38-23-12-20-45-21-13-23)40-33(30(39-29)31(35)44)37-22-6-8-24(9-7-22)42-14-10-25(11-15-42)43-18-16-41(2)17-19-43/h3-9,23,25H,10-21H2,2H3,(H2,35,44)(H2,37,38,40). The molecule has 236 valence electrons. The predicted molar refractivity (Wildman–Crippen MR) is 174 cm³/mol. The van der Waals surface area contributed by atoms with Gasteiger partial charge in [-0.3, -0.25) is 9.69 Å². The fourth-order valence-corrected chi connectivity index (χ4v) is 6.41. The molecule has 1 amide bonds. The molecule has 12 heteroatoms. The van der Waals surface area contributed by atoms with Gasteiger partial charge in [-0.05, 0) is 63.1 Å². The van der Waals surface area contributed by atoms with Crippen LogP contribution in [0.3, 0.4) is 0 Å². The number of hydrogen-bond acceptors (Lipinski definition) is 9. The van der Waals surface area contributed by atoms with E-state index in [4.69, 9.17) is 22.0 Å². The van der Waals surface area contributed by atoms with Crippen molar-refractivity contribution in [2.45, 2.75) is 37.8 Å². The quantitative estimate of drug-likeness (QED) is 0.316. The minimum absolute atomic E-state index is 0.0312. The molecule has 0 atom stereocenters. The Morgan fingerprint density at radius 1 is 0.978 bits per heavy atom. The number of piperidine rings is 1. The van der Waals surface area contributed by atoms with Gasteiger partial charge in [0.15, 0.2) is 17.3 Å². The maximum atomic E-state index is 14.6. The first-order valence-electron chi connectivity index (χ1n) is 15.7. The van der Waals surface area contributed by atoms with Gasteiger partial charge in [0, 0.05) is 81.5 Å². The molecule has 3 fully saturated rings. The van der Waals surface area contributed by atoms with Crippen molar-refractivity contribution in [3.63, 3.8) is 0 Å². The summed E-state index contributed by atoms with van der Waals surface area (Å²) in [6.45, 7) is 15.4. The van der Waals surface area contributed by atoms with Crippen LogP contribution in [0.25, 0.3) is 16.1 Å². The molecule has 0 spiro atoms. The summed E-state index contributed by atoms with van der Waals surface area (Å²) in [7, 11) is 2.19. The van der Waals surface area contributed by atoms with Crippen LogP contribution in [0.4, 0.5) is 33.1 Å². The van der Waals surface area contributed by atoms with E-state index >= 15 is 0 Å². The average molecular weight is 614 g/mol. The maximum Gasteiger partial charge on any atom is 0.271 e. The smallest absolute Gasteiger partial charge is 0.271 e.